The fraction of sp³-hybridized carbons (Fsp3) is 0.938. The van der Waals surface area contributed by atoms with Gasteiger partial charge in [-0.05, 0) is 38.0 Å². The van der Waals surface area contributed by atoms with Crippen LogP contribution < -0.4 is 10.6 Å². The number of aliphatic hydroxyl groups is 1. The molecule has 0 saturated heterocycles. The van der Waals surface area contributed by atoms with Gasteiger partial charge < -0.3 is 15.7 Å². The van der Waals surface area contributed by atoms with Crippen molar-refractivity contribution in [2.75, 3.05) is 26.2 Å². The lowest BCUT2D eigenvalue weighted by Gasteiger charge is -2.41. The molecule has 0 heterocycles. The maximum absolute atomic E-state index is 9.46. The molecule has 0 spiro atoms. The minimum Gasteiger partial charge on any atom is -0.396 e. The van der Waals surface area contributed by atoms with Crippen LogP contribution in [0, 0.1) is 10.8 Å². The van der Waals surface area contributed by atoms with Crippen LogP contribution in [0.3, 0.4) is 0 Å². The van der Waals surface area contributed by atoms with Gasteiger partial charge in [0.1, 0.15) is 0 Å². The highest BCUT2D eigenvalue weighted by Crippen LogP contribution is 2.42. The van der Waals surface area contributed by atoms with Crippen LogP contribution in [-0.4, -0.2) is 37.3 Å². The van der Waals surface area contributed by atoms with E-state index in [1.54, 1.807) is 0 Å². The van der Waals surface area contributed by atoms with E-state index in [-0.39, 0.29) is 12.0 Å². The average Bonchev–Trinajstić information content (AvgIpc) is 2.43. The number of hydrogen-bond acceptors (Lipinski definition) is 2. The molecule has 118 valence electrons. The summed E-state index contributed by atoms with van der Waals surface area (Å²) in [6.45, 7) is 11.3. The van der Waals surface area contributed by atoms with Gasteiger partial charge in [-0.1, -0.05) is 27.2 Å². The van der Waals surface area contributed by atoms with Crippen molar-refractivity contribution in [1.29, 1.82) is 0 Å². The minimum atomic E-state index is -0.110. The molecule has 0 aromatic rings. The Hall–Kier alpha value is -0.770. The maximum Gasteiger partial charge on any atom is 0.191 e. The lowest BCUT2D eigenvalue weighted by molar-refractivity contribution is 0.131. The molecule has 0 aromatic carbocycles. The van der Waals surface area contributed by atoms with Crippen LogP contribution in [0.25, 0.3) is 0 Å². The first-order chi connectivity index (χ1) is 9.53. The Labute approximate surface area is 124 Å². The molecular formula is C16H33N3O. The summed E-state index contributed by atoms with van der Waals surface area (Å²) >= 11 is 0. The third-order valence-corrected chi connectivity index (χ3v) is 4.99. The molecule has 0 aliphatic heterocycles. The number of hydrogen-bond donors (Lipinski definition) is 3. The number of guanidine groups is 1. The zero-order valence-corrected chi connectivity index (χ0v) is 13.8. The van der Waals surface area contributed by atoms with Crippen LogP contribution in [0.5, 0.6) is 0 Å². The first kappa shape index (κ1) is 17.3. The second-order valence-corrected chi connectivity index (χ2v) is 6.58. The van der Waals surface area contributed by atoms with Gasteiger partial charge in [0.25, 0.3) is 0 Å². The normalized spacial score (nSPS) is 20.9. The minimum absolute atomic E-state index is 0.110. The van der Waals surface area contributed by atoms with Crippen molar-refractivity contribution in [2.24, 2.45) is 15.8 Å². The van der Waals surface area contributed by atoms with Gasteiger partial charge in [-0.15, -0.1) is 0 Å². The average molecular weight is 283 g/mol. The molecule has 1 aliphatic carbocycles. The number of nitrogens with one attached hydrogen (secondary N) is 2. The van der Waals surface area contributed by atoms with Gasteiger partial charge in [-0.25, -0.2) is 0 Å². The molecule has 0 aromatic heterocycles. The Morgan fingerprint density at radius 3 is 2.35 bits per heavy atom. The topological polar surface area (TPSA) is 56.7 Å². The SMILES string of the molecule is CCNC(=NCC(C)(CC)CO)NCC1(CC)CCC1. The summed E-state index contributed by atoms with van der Waals surface area (Å²) in [6.07, 6.45) is 6.20. The third-order valence-electron chi connectivity index (χ3n) is 4.99. The van der Waals surface area contributed by atoms with E-state index >= 15 is 0 Å². The van der Waals surface area contributed by atoms with E-state index < -0.39 is 0 Å². The van der Waals surface area contributed by atoms with Gasteiger partial charge in [-0.3, -0.25) is 4.99 Å². The number of aliphatic hydroxyl groups excluding tert-OH is 1. The molecule has 0 amide bonds. The molecule has 4 nitrogen and oxygen atoms in total. The number of aliphatic imine (C=N–C) groups is 1. The first-order valence-electron chi connectivity index (χ1n) is 8.16. The van der Waals surface area contributed by atoms with Crippen molar-refractivity contribution in [3.8, 4) is 0 Å². The van der Waals surface area contributed by atoms with E-state index in [1.165, 1.54) is 25.7 Å². The van der Waals surface area contributed by atoms with Crippen LogP contribution in [0.1, 0.15) is 59.8 Å². The summed E-state index contributed by atoms with van der Waals surface area (Å²) in [5.41, 5.74) is 0.377. The highest BCUT2D eigenvalue weighted by molar-refractivity contribution is 5.79. The smallest absolute Gasteiger partial charge is 0.191 e. The molecule has 1 saturated carbocycles. The highest BCUT2D eigenvalue weighted by Gasteiger charge is 2.34. The largest absolute Gasteiger partial charge is 0.396 e. The van der Waals surface area contributed by atoms with Gasteiger partial charge in [0, 0.05) is 18.5 Å². The Kier molecular flexibility index (Phi) is 6.80. The summed E-state index contributed by atoms with van der Waals surface area (Å²) in [6, 6.07) is 0. The molecule has 1 rings (SSSR count). The van der Waals surface area contributed by atoms with E-state index in [4.69, 9.17) is 0 Å². The zero-order chi connectivity index (χ0) is 15.1. The van der Waals surface area contributed by atoms with Crippen LogP contribution in [0.4, 0.5) is 0 Å². The lowest BCUT2D eigenvalue weighted by Crippen LogP contribution is -2.46. The van der Waals surface area contributed by atoms with Gasteiger partial charge in [0.2, 0.25) is 0 Å². The molecule has 0 bridgehead atoms. The molecule has 1 unspecified atom stereocenters. The van der Waals surface area contributed by atoms with Crippen LogP contribution in [-0.2, 0) is 0 Å². The summed E-state index contributed by atoms with van der Waals surface area (Å²) in [5.74, 6) is 0.889. The number of nitrogens with zero attached hydrogens (tertiary/aromatic N) is 1. The standard InChI is InChI=1S/C16H33N3O/c1-5-15(4,13-20)11-18-14(17-7-3)19-12-16(6-2)9-8-10-16/h20H,5-13H2,1-4H3,(H2,17,18,19). The summed E-state index contributed by atoms with van der Waals surface area (Å²) in [7, 11) is 0. The van der Waals surface area contributed by atoms with E-state index in [2.05, 4.69) is 43.3 Å². The van der Waals surface area contributed by atoms with Crippen LogP contribution >= 0.6 is 0 Å². The van der Waals surface area contributed by atoms with Crippen molar-refractivity contribution < 1.29 is 5.11 Å². The van der Waals surface area contributed by atoms with E-state index in [1.807, 2.05) is 0 Å². The summed E-state index contributed by atoms with van der Waals surface area (Å²) in [5, 5.41) is 16.3. The van der Waals surface area contributed by atoms with Crippen LogP contribution in [0.15, 0.2) is 4.99 Å². The predicted octanol–water partition coefficient (Wildman–Crippen LogP) is 2.53. The Balaban J connectivity index is 2.54. The second-order valence-electron chi connectivity index (χ2n) is 6.58. The predicted molar refractivity (Wildman–Crippen MR) is 86.0 cm³/mol. The third kappa shape index (κ3) is 4.65. The summed E-state index contributed by atoms with van der Waals surface area (Å²) in [4.78, 5) is 4.66. The molecule has 20 heavy (non-hydrogen) atoms. The van der Waals surface area contributed by atoms with Crippen molar-refractivity contribution >= 4 is 5.96 Å². The Morgan fingerprint density at radius 1 is 1.25 bits per heavy atom. The van der Waals surface area contributed by atoms with Crippen LogP contribution in [0.2, 0.25) is 0 Å². The van der Waals surface area contributed by atoms with Gasteiger partial charge in [0.15, 0.2) is 5.96 Å². The Bertz CT molecular complexity index is 301. The molecule has 1 aliphatic rings. The fourth-order valence-electron chi connectivity index (χ4n) is 2.49. The molecule has 3 N–H and O–H groups in total. The van der Waals surface area contributed by atoms with Gasteiger partial charge in [-0.2, -0.15) is 0 Å². The molecule has 1 fully saturated rings. The molecule has 4 heteroatoms. The fourth-order valence-corrected chi connectivity index (χ4v) is 2.49. The van der Waals surface area contributed by atoms with Gasteiger partial charge >= 0.3 is 0 Å². The van der Waals surface area contributed by atoms with Crippen molar-refractivity contribution in [1.82, 2.24) is 10.6 Å². The lowest BCUT2D eigenvalue weighted by atomic mass is 9.67. The first-order valence-corrected chi connectivity index (χ1v) is 8.16. The monoisotopic (exact) mass is 283 g/mol. The maximum atomic E-state index is 9.46. The van der Waals surface area contributed by atoms with Crippen molar-refractivity contribution in [2.45, 2.75) is 59.8 Å². The number of rotatable bonds is 8. The van der Waals surface area contributed by atoms with Crippen molar-refractivity contribution in [3.63, 3.8) is 0 Å². The summed E-state index contributed by atoms with van der Waals surface area (Å²) < 4.78 is 0. The van der Waals surface area contributed by atoms with E-state index in [9.17, 15) is 5.11 Å². The molecular weight excluding hydrogens is 250 g/mol. The Morgan fingerprint density at radius 2 is 1.95 bits per heavy atom. The van der Waals surface area contributed by atoms with E-state index in [0.29, 0.717) is 12.0 Å². The quantitative estimate of drug-likeness (QED) is 0.474. The van der Waals surface area contributed by atoms with Crippen molar-refractivity contribution in [3.05, 3.63) is 0 Å². The van der Waals surface area contributed by atoms with E-state index in [0.717, 1.165) is 25.5 Å². The second kappa shape index (κ2) is 7.87. The van der Waals surface area contributed by atoms with Gasteiger partial charge in [0.05, 0.1) is 13.2 Å². The highest BCUT2D eigenvalue weighted by atomic mass is 16.3. The molecule has 1 atom stereocenters. The molecule has 0 radical (unpaired) electrons. The zero-order valence-electron chi connectivity index (χ0n) is 13.8.